The molecule has 2 aromatic carbocycles. The van der Waals surface area contributed by atoms with E-state index in [-0.39, 0.29) is 28.8 Å². The average molecular weight is 539 g/mol. The molecule has 206 valence electrons. The number of carbonyl (C=O) groups is 1. The van der Waals surface area contributed by atoms with E-state index in [4.69, 9.17) is 4.74 Å². The minimum absolute atomic E-state index is 0.129. The molecular formula is C30H33F3N4O2. The van der Waals surface area contributed by atoms with Gasteiger partial charge in [0.1, 0.15) is 11.4 Å². The highest BCUT2D eigenvalue weighted by Crippen LogP contribution is 2.34. The lowest BCUT2D eigenvalue weighted by molar-refractivity contribution is -0.0745. The second-order valence-electron chi connectivity index (χ2n) is 9.50. The van der Waals surface area contributed by atoms with Gasteiger partial charge in [0.05, 0.1) is 24.6 Å². The molecule has 0 N–H and O–H groups in total. The number of aromatic nitrogens is 2. The van der Waals surface area contributed by atoms with Crippen LogP contribution < -0.4 is 4.74 Å². The van der Waals surface area contributed by atoms with Crippen LogP contribution >= 0.6 is 0 Å². The van der Waals surface area contributed by atoms with Crippen molar-refractivity contribution in [1.82, 2.24) is 19.6 Å². The molecule has 4 rings (SSSR count). The van der Waals surface area contributed by atoms with E-state index < -0.39 is 11.9 Å². The average Bonchev–Trinajstić information content (AvgIpc) is 3.32. The lowest BCUT2D eigenvalue weighted by Gasteiger charge is -2.39. The number of allylic oxidation sites excluding steroid dienone is 3. The zero-order chi connectivity index (χ0) is 28.2. The van der Waals surface area contributed by atoms with E-state index in [1.54, 1.807) is 29.2 Å². The van der Waals surface area contributed by atoms with Crippen molar-refractivity contribution in [2.45, 2.75) is 32.5 Å². The number of nitrogens with zero attached hydrogens (tertiary/aromatic N) is 4. The number of hydrogen-bond donors (Lipinski definition) is 0. The number of piperazine rings is 1. The Kier molecular flexibility index (Phi) is 8.60. The molecule has 1 aliphatic rings. The minimum atomic E-state index is -4.72. The largest absolute Gasteiger partial charge is 0.497 e. The van der Waals surface area contributed by atoms with E-state index in [0.29, 0.717) is 37.5 Å². The molecule has 1 amide bonds. The zero-order valence-electron chi connectivity index (χ0n) is 22.4. The first-order valence-electron chi connectivity index (χ1n) is 12.9. The van der Waals surface area contributed by atoms with Crippen molar-refractivity contribution in [2.24, 2.45) is 0 Å². The van der Waals surface area contributed by atoms with Gasteiger partial charge in [-0.2, -0.15) is 18.3 Å². The number of amides is 1. The smallest absolute Gasteiger partial charge is 0.433 e. The molecule has 1 aliphatic heterocycles. The third-order valence-corrected chi connectivity index (χ3v) is 7.14. The number of ether oxygens (including phenoxy) is 1. The molecule has 39 heavy (non-hydrogen) atoms. The van der Waals surface area contributed by atoms with Gasteiger partial charge in [-0.15, -0.1) is 0 Å². The van der Waals surface area contributed by atoms with Crippen molar-refractivity contribution in [3.63, 3.8) is 0 Å². The fraction of sp³-hybridized carbons (Fsp3) is 0.333. The third kappa shape index (κ3) is 6.25. The summed E-state index contributed by atoms with van der Waals surface area (Å²) in [6, 6.07) is 17.1. The summed E-state index contributed by atoms with van der Waals surface area (Å²) in [4.78, 5) is 17.4. The molecule has 1 aromatic heterocycles. The number of rotatable bonds is 8. The van der Waals surface area contributed by atoms with Gasteiger partial charge in [0, 0.05) is 32.2 Å². The van der Waals surface area contributed by atoms with Crippen molar-refractivity contribution in [2.75, 3.05) is 33.3 Å². The minimum Gasteiger partial charge on any atom is -0.497 e. The molecule has 1 saturated heterocycles. The second kappa shape index (κ2) is 11.9. The molecule has 0 spiro atoms. The first-order chi connectivity index (χ1) is 18.6. The Morgan fingerprint density at radius 3 is 2.28 bits per heavy atom. The van der Waals surface area contributed by atoms with Crippen molar-refractivity contribution in [3.05, 3.63) is 95.8 Å². The molecule has 0 bridgehead atoms. The molecule has 1 atom stereocenters. The summed E-state index contributed by atoms with van der Waals surface area (Å²) in [7, 11) is 1.51. The lowest BCUT2D eigenvalue weighted by Crippen LogP contribution is -2.49. The van der Waals surface area contributed by atoms with E-state index in [1.165, 1.54) is 25.8 Å². The zero-order valence-corrected chi connectivity index (χ0v) is 22.4. The van der Waals surface area contributed by atoms with Crippen molar-refractivity contribution in [1.29, 1.82) is 0 Å². The predicted molar refractivity (Wildman–Crippen MR) is 146 cm³/mol. The van der Waals surface area contributed by atoms with Crippen LogP contribution in [0.4, 0.5) is 13.2 Å². The van der Waals surface area contributed by atoms with Crippen LogP contribution in [0.2, 0.25) is 0 Å². The van der Waals surface area contributed by atoms with Crippen molar-refractivity contribution < 1.29 is 22.7 Å². The fourth-order valence-corrected chi connectivity index (χ4v) is 4.97. The Labute approximate surface area is 227 Å². The van der Waals surface area contributed by atoms with E-state index in [0.717, 1.165) is 17.2 Å². The summed E-state index contributed by atoms with van der Waals surface area (Å²) < 4.78 is 48.3. The van der Waals surface area contributed by atoms with Crippen molar-refractivity contribution in [3.8, 4) is 5.75 Å². The highest BCUT2D eigenvalue weighted by atomic mass is 19.4. The molecule has 1 unspecified atom stereocenters. The maximum Gasteiger partial charge on any atom is 0.433 e. The summed E-state index contributed by atoms with van der Waals surface area (Å²) in [6.45, 7) is 9.78. The van der Waals surface area contributed by atoms with Gasteiger partial charge in [-0.1, -0.05) is 56.0 Å². The van der Waals surface area contributed by atoms with Gasteiger partial charge < -0.3 is 9.64 Å². The summed E-state index contributed by atoms with van der Waals surface area (Å²) in [5, 5.41) is 3.98. The van der Waals surface area contributed by atoms with E-state index >= 15 is 0 Å². The molecule has 0 radical (unpaired) electrons. The Bertz CT molecular complexity index is 1320. The molecule has 0 saturated carbocycles. The fourth-order valence-electron chi connectivity index (χ4n) is 4.97. The van der Waals surface area contributed by atoms with Crippen LogP contribution in [-0.4, -0.2) is 65.0 Å². The predicted octanol–water partition coefficient (Wildman–Crippen LogP) is 6.23. The number of methoxy groups -OCH3 is 1. The van der Waals surface area contributed by atoms with Crippen LogP contribution in [0.5, 0.6) is 5.75 Å². The molecular weight excluding hydrogens is 505 g/mol. The summed E-state index contributed by atoms with van der Waals surface area (Å²) in [5.41, 5.74) is 1.18. The Morgan fingerprint density at radius 2 is 1.72 bits per heavy atom. The van der Waals surface area contributed by atoms with Crippen LogP contribution in [0.15, 0.2) is 73.4 Å². The monoisotopic (exact) mass is 538 g/mol. The topological polar surface area (TPSA) is 50.6 Å². The van der Waals surface area contributed by atoms with Gasteiger partial charge in [-0.05, 0) is 48.3 Å². The molecule has 6 nitrogen and oxygen atoms in total. The number of benzene rings is 2. The van der Waals surface area contributed by atoms with E-state index in [1.807, 2.05) is 18.2 Å². The van der Waals surface area contributed by atoms with Crippen LogP contribution in [0.25, 0.3) is 11.3 Å². The number of halogens is 3. The summed E-state index contributed by atoms with van der Waals surface area (Å²) in [6.07, 6.45) is -1.61. The SMILES string of the molecule is C=C(/C=C(\n1ncc(C(=O)N2CCN(C(CC)c3ccccc3)CC2)c1C)C(F)(F)F)c1ccc(OC)cc1. The Balaban J connectivity index is 1.51. The standard InChI is InChI=1S/C30H33F3N4O2/c1-5-27(24-9-7-6-8-10-24)35-15-17-36(18-16-35)29(38)26-20-34-37(22(26)3)28(30(31,32)33)19-21(2)23-11-13-25(39-4)14-12-23/h6-14,19-20,27H,2,5,15-18H2,1,3-4H3/b28-19-. The summed E-state index contributed by atoms with van der Waals surface area (Å²) in [5.74, 6) is 0.269. The number of alkyl halides is 3. The van der Waals surface area contributed by atoms with Crippen LogP contribution in [-0.2, 0) is 0 Å². The Morgan fingerprint density at radius 1 is 1.08 bits per heavy atom. The highest BCUT2D eigenvalue weighted by Gasteiger charge is 2.38. The van der Waals surface area contributed by atoms with Gasteiger partial charge in [-0.3, -0.25) is 9.69 Å². The molecule has 0 aliphatic carbocycles. The second-order valence-corrected chi connectivity index (χ2v) is 9.50. The maximum atomic E-state index is 14.1. The van der Waals surface area contributed by atoms with Gasteiger partial charge in [0.25, 0.3) is 5.91 Å². The van der Waals surface area contributed by atoms with Crippen LogP contribution in [0.3, 0.4) is 0 Å². The summed E-state index contributed by atoms with van der Waals surface area (Å²) >= 11 is 0. The quantitative estimate of drug-likeness (QED) is 0.319. The number of hydrogen-bond acceptors (Lipinski definition) is 4. The normalized spacial score (nSPS) is 15.7. The number of carbonyl (C=O) groups excluding carboxylic acids is 1. The van der Waals surface area contributed by atoms with Gasteiger partial charge in [0.15, 0.2) is 0 Å². The molecule has 1 fully saturated rings. The first-order valence-corrected chi connectivity index (χ1v) is 12.9. The first kappa shape index (κ1) is 28.2. The molecule has 3 aromatic rings. The highest BCUT2D eigenvalue weighted by molar-refractivity contribution is 5.95. The van der Waals surface area contributed by atoms with E-state index in [2.05, 4.69) is 35.6 Å². The molecule has 2 heterocycles. The Hall–Kier alpha value is -3.85. The van der Waals surface area contributed by atoms with E-state index in [9.17, 15) is 18.0 Å². The molecule has 9 heteroatoms. The van der Waals surface area contributed by atoms with Gasteiger partial charge in [0.2, 0.25) is 0 Å². The maximum absolute atomic E-state index is 14.1. The van der Waals surface area contributed by atoms with Gasteiger partial charge in [-0.25, -0.2) is 4.68 Å². The van der Waals surface area contributed by atoms with Crippen LogP contribution in [0.1, 0.15) is 46.6 Å². The van der Waals surface area contributed by atoms with Crippen LogP contribution in [0, 0.1) is 6.92 Å². The van der Waals surface area contributed by atoms with Gasteiger partial charge >= 0.3 is 6.18 Å². The lowest BCUT2D eigenvalue weighted by atomic mass is 10.0. The van der Waals surface area contributed by atoms with Crippen molar-refractivity contribution >= 4 is 17.2 Å². The third-order valence-electron chi connectivity index (χ3n) is 7.14.